The van der Waals surface area contributed by atoms with Gasteiger partial charge in [-0.2, -0.15) is 0 Å². The maximum atomic E-state index is 11.7. The molecule has 20 heavy (non-hydrogen) atoms. The van der Waals surface area contributed by atoms with E-state index in [2.05, 4.69) is 10.3 Å². The summed E-state index contributed by atoms with van der Waals surface area (Å²) >= 11 is 0. The Balaban J connectivity index is 2.46. The highest BCUT2D eigenvalue weighted by Crippen LogP contribution is 2.08. The third-order valence-corrected chi connectivity index (χ3v) is 3.59. The SMILES string of the molecule is COc1cc(CNC(=O)C(N)CCS(C)(=O)=O)ccn1. The number of nitrogens with zero attached hydrogens (tertiary/aromatic N) is 1. The smallest absolute Gasteiger partial charge is 0.237 e. The van der Waals surface area contributed by atoms with Crippen molar-refractivity contribution in [2.45, 2.75) is 19.0 Å². The third kappa shape index (κ3) is 5.98. The quantitative estimate of drug-likeness (QED) is 0.700. The van der Waals surface area contributed by atoms with E-state index in [1.807, 2.05) is 0 Å². The van der Waals surface area contributed by atoms with E-state index < -0.39 is 15.9 Å². The van der Waals surface area contributed by atoms with Crippen molar-refractivity contribution in [3.8, 4) is 5.88 Å². The van der Waals surface area contributed by atoms with Crippen LogP contribution in [0.1, 0.15) is 12.0 Å². The van der Waals surface area contributed by atoms with Crippen LogP contribution in [0.4, 0.5) is 0 Å². The number of amides is 1. The van der Waals surface area contributed by atoms with Gasteiger partial charge in [0.2, 0.25) is 11.8 Å². The Kier molecular flexibility index (Phi) is 5.90. The molecule has 1 heterocycles. The molecule has 1 aromatic heterocycles. The molecule has 0 saturated heterocycles. The minimum atomic E-state index is -3.11. The van der Waals surface area contributed by atoms with Crippen LogP contribution in [0.15, 0.2) is 18.3 Å². The molecule has 1 aromatic rings. The highest BCUT2D eigenvalue weighted by molar-refractivity contribution is 7.90. The van der Waals surface area contributed by atoms with E-state index in [0.717, 1.165) is 11.8 Å². The number of carbonyl (C=O) groups excluding carboxylic acids is 1. The Labute approximate surface area is 118 Å². The molecule has 3 N–H and O–H groups in total. The molecule has 1 amide bonds. The maximum Gasteiger partial charge on any atom is 0.237 e. The van der Waals surface area contributed by atoms with Crippen molar-refractivity contribution in [2.75, 3.05) is 19.1 Å². The molecule has 112 valence electrons. The van der Waals surface area contributed by atoms with Crippen molar-refractivity contribution in [1.82, 2.24) is 10.3 Å². The number of methoxy groups -OCH3 is 1. The van der Waals surface area contributed by atoms with E-state index >= 15 is 0 Å². The third-order valence-electron chi connectivity index (χ3n) is 2.61. The number of sulfone groups is 1. The first-order chi connectivity index (χ1) is 9.31. The van der Waals surface area contributed by atoms with Crippen LogP contribution in [-0.2, 0) is 21.2 Å². The van der Waals surface area contributed by atoms with Crippen LogP contribution < -0.4 is 15.8 Å². The molecule has 0 aliphatic rings. The second-order valence-electron chi connectivity index (χ2n) is 4.45. The monoisotopic (exact) mass is 301 g/mol. The fraction of sp³-hybridized carbons (Fsp3) is 0.500. The van der Waals surface area contributed by atoms with Gasteiger partial charge in [-0.05, 0) is 18.1 Å². The topological polar surface area (TPSA) is 111 Å². The Morgan fingerprint density at radius 1 is 1.55 bits per heavy atom. The molecule has 7 nitrogen and oxygen atoms in total. The molecule has 0 aliphatic heterocycles. The van der Waals surface area contributed by atoms with Gasteiger partial charge in [-0.3, -0.25) is 4.79 Å². The van der Waals surface area contributed by atoms with Crippen LogP contribution >= 0.6 is 0 Å². The number of rotatable bonds is 7. The van der Waals surface area contributed by atoms with E-state index in [9.17, 15) is 13.2 Å². The largest absolute Gasteiger partial charge is 0.481 e. The highest BCUT2D eigenvalue weighted by Gasteiger charge is 2.15. The summed E-state index contributed by atoms with van der Waals surface area (Å²) in [5.41, 5.74) is 6.45. The van der Waals surface area contributed by atoms with Gasteiger partial charge in [-0.25, -0.2) is 13.4 Å². The highest BCUT2D eigenvalue weighted by atomic mass is 32.2. The molecule has 0 spiro atoms. The van der Waals surface area contributed by atoms with Crippen molar-refractivity contribution >= 4 is 15.7 Å². The van der Waals surface area contributed by atoms with E-state index in [-0.39, 0.29) is 24.6 Å². The summed E-state index contributed by atoms with van der Waals surface area (Å²) in [6.07, 6.45) is 2.79. The molecule has 0 radical (unpaired) electrons. The number of aromatic nitrogens is 1. The van der Waals surface area contributed by atoms with Crippen LogP contribution in [0.3, 0.4) is 0 Å². The summed E-state index contributed by atoms with van der Waals surface area (Å²) in [4.78, 5) is 15.7. The fourth-order valence-electron chi connectivity index (χ4n) is 1.46. The fourth-order valence-corrected chi connectivity index (χ4v) is 2.15. The summed E-state index contributed by atoms with van der Waals surface area (Å²) in [5.74, 6) is -0.0347. The first-order valence-corrected chi connectivity index (χ1v) is 8.08. The number of nitrogens with one attached hydrogen (secondary N) is 1. The minimum Gasteiger partial charge on any atom is -0.481 e. The van der Waals surface area contributed by atoms with Gasteiger partial charge in [0.15, 0.2) is 0 Å². The van der Waals surface area contributed by atoms with Crippen molar-refractivity contribution < 1.29 is 17.9 Å². The zero-order valence-electron chi connectivity index (χ0n) is 11.5. The minimum absolute atomic E-state index is 0.102. The molecule has 0 fully saturated rings. The van der Waals surface area contributed by atoms with Gasteiger partial charge in [0.1, 0.15) is 9.84 Å². The predicted octanol–water partition coefficient (Wildman–Crippen LogP) is -0.532. The van der Waals surface area contributed by atoms with Crippen LogP contribution in [0.2, 0.25) is 0 Å². The number of hydrogen-bond acceptors (Lipinski definition) is 6. The van der Waals surface area contributed by atoms with Crippen LogP contribution in [0.5, 0.6) is 5.88 Å². The lowest BCUT2D eigenvalue weighted by molar-refractivity contribution is -0.122. The zero-order valence-corrected chi connectivity index (χ0v) is 12.3. The molecule has 8 heteroatoms. The Hall–Kier alpha value is -1.67. The summed E-state index contributed by atoms with van der Waals surface area (Å²) in [6, 6.07) is 2.60. The predicted molar refractivity (Wildman–Crippen MR) is 74.9 cm³/mol. The lowest BCUT2D eigenvalue weighted by Gasteiger charge is -2.12. The number of carbonyl (C=O) groups is 1. The Morgan fingerprint density at radius 3 is 2.85 bits per heavy atom. The lowest BCUT2D eigenvalue weighted by atomic mass is 10.2. The summed E-state index contributed by atoms with van der Waals surface area (Å²) in [7, 11) is -1.61. The van der Waals surface area contributed by atoms with E-state index in [4.69, 9.17) is 10.5 Å². The van der Waals surface area contributed by atoms with Crippen molar-refractivity contribution in [3.63, 3.8) is 0 Å². The number of pyridine rings is 1. The Morgan fingerprint density at radius 2 is 2.25 bits per heavy atom. The van der Waals surface area contributed by atoms with Crippen LogP contribution in [0.25, 0.3) is 0 Å². The average Bonchev–Trinajstić information content (AvgIpc) is 2.41. The van der Waals surface area contributed by atoms with Crippen molar-refractivity contribution in [2.24, 2.45) is 5.73 Å². The summed E-state index contributed by atoms with van der Waals surface area (Å²) < 4.78 is 27.0. The normalized spacial score (nSPS) is 12.8. The van der Waals surface area contributed by atoms with E-state index in [0.29, 0.717) is 5.88 Å². The summed E-state index contributed by atoms with van der Waals surface area (Å²) in [6.45, 7) is 0.282. The van der Waals surface area contributed by atoms with Gasteiger partial charge in [0, 0.05) is 25.1 Å². The number of ether oxygens (including phenoxy) is 1. The molecular formula is C12H19N3O4S. The molecule has 0 bridgehead atoms. The van der Waals surface area contributed by atoms with Crippen molar-refractivity contribution in [3.05, 3.63) is 23.9 Å². The van der Waals surface area contributed by atoms with Crippen LogP contribution in [-0.4, -0.2) is 44.5 Å². The molecule has 1 atom stereocenters. The van der Waals surface area contributed by atoms with Gasteiger partial charge in [-0.1, -0.05) is 0 Å². The first-order valence-electron chi connectivity index (χ1n) is 6.02. The Bertz CT molecular complexity index is 560. The standard InChI is InChI=1S/C12H19N3O4S/c1-19-11-7-9(3-5-14-11)8-15-12(16)10(13)4-6-20(2,17)18/h3,5,7,10H,4,6,8,13H2,1-2H3,(H,15,16). The maximum absolute atomic E-state index is 11.7. The first kappa shape index (κ1) is 16.4. The van der Waals surface area contributed by atoms with Crippen molar-refractivity contribution in [1.29, 1.82) is 0 Å². The molecule has 0 saturated carbocycles. The van der Waals surface area contributed by atoms with E-state index in [1.165, 1.54) is 7.11 Å². The van der Waals surface area contributed by atoms with Gasteiger partial charge >= 0.3 is 0 Å². The molecule has 1 unspecified atom stereocenters. The van der Waals surface area contributed by atoms with Crippen LogP contribution in [0, 0.1) is 0 Å². The van der Waals surface area contributed by atoms with Gasteiger partial charge in [0.05, 0.1) is 18.9 Å². The second kappa shape index (κ2) is 7.20. The van der Waals surface area contributed by atoms with Gasteiger partial charge < -0.3 is 15.8 Å². The molecule has 1 rings (SSSR count). The second-order valence-corrected chi connectivity index (χ2v) is 6.71. The number of hydrogen-bond donors (Lipinski definition) is 2. The molecule has 0 aromatic carbocycles. The zero-order chi connectivity index (χ0) is 15.2. The molecular weight excluding hydrogens is 282 g/mol. The summed E-state index contributed by atoms with van der Waals surface area (Å²) in [5, 5.41) is 2.64. The molecule has 0 aliphatic carbocycles. The lowest BCUT2D eigenvalue weighted by Crippen LogP contribution is -2.41. The van der Waals surface area contributed by atoms with Gasteiger partial charge in [0.25, 0.3) is 0 Å². The number of nitrogens with two attached hydrogens (primary N) is 1. The van der Waals surface area contributed by atoms with Gasteiger partial charge in [-0.15, -0.1) is 0 Å². The van der Waals surface area contributed by atoms with E-state index in [1.54, 1.807) is 18.3 Å². The average molecular weight is 301 g/mol.